The molecule has 76 valence electrons. The Morgan fingerprint density at radius 1 is 1.31 bits per heavy atom. The summed E-state index contributed by atoms with van der Waals surface area (Å²) in [5.74, 6) is 0. The Balaban J connectivity index is 1.75. The Labute approximate surface area is 79.5 Å². The van der Waals surface area contributed by atoms with E-state index in [0.29, 0.717) is 12.6 Å². The zero-order valence-electron chi connectivity index (χ0n) is 8.09. The summed E-state index contributed by atoms with van der Waals surface area (Å²) < 4.78 is 5.09. The molecule has 1 saturated carbocycles. The van der Waals surface area contributed by atoms with Crippen LogP contribution in [0.1, 0.15) is 25.7 Å². The van der Waals surface area contributed by atoms with Gasteiger partial charge in [0.25, 0.3) is 0 Å². The van der Waals surface area contributed by atoms with Crippen molar-refractivity contribution in [2.75, 3.05) is 26.4 Å². The van der Waals surface area contributed by atoms with Crippen molar-refractivity contribution in [3.63, 3.8) is 0 Å². The number of aliphatic hydroxyl groups excluding tert-OH is 1. The van der Waals surface area contributed by atoms with Gasteiger partial charge in [-0.25, -0.2) is 0 Å². The van der Waals surface area contributed by atoms with Crippen molar-refractivity contribution < 1.29 is 9.84 Å². The summed E-state index contributed by atoms with van der Waals surface area (Å²) in [5, 5.41) is 12.8. The molecule has 2 fully saturated rings. The fraction of sp³-hybridized carbons (Fsp3) is 1.00. The molecule has 0 atom stereocenters. The molecule has 0 amide bonds. The molecule has 2 N–H and O–H groups in total. The summed E-state index contributed by atoms with van der Waals surface area (Å²) >= 11 is 0. The first-order valence-electron chi connectivity index (χ1n) is 5.27. The van der Waals surface area contributed by atoms with Crippen LogP contribution in [0.5, 0.6) is 0 Å². The van der Waals surface area contributed by atoms with Gasteiger partial charge in [0.1, 0.15) is 0 Å². The second kappa shape index (κ2) is 3.95. The fourth-order valence-corrected chi connectivity index (χ4v) is 2.23. The molecule has 2 aliphatic rings. The molecule has 1 saturated heterocycles. The topological polar surface area (TPSA) is 41.5 Å². The second-order valence-corrected chi connectivity index (χ2v) is 4.48. The van der Waals surface area contributed by atoms with Crippen LogP contribution in [0.25, 0.3) is 0 Å². The van der Waals surface area contributed by atoms with Gasteiger partial charge in [0.05, 0.1) is 19.3 Å². The molecule has 3 heteroatoms. The Bertz CT molecular complexity index is 162. The lowest BCUT2D eigenvalue weighted by Crippen LogP contribution is -2.50. The van der Waals surface area contributed by atoms with E-state index >= 15 is 0 Å². The van der Waals surface area contributed by atoms with E-state index in [9.17, 15) is 5.11 Å². The number of nitrogens with one attached hydrogen (secondary N) is 1. The van der Waals surface area contributed by atoms with Gasteiger partial charge in [-0.15, -0.1) is 0 Å². The van der Waals surface area contributed by atoms with Crippen LogP contribution in [-0.2, 0) is 4.74 Å². The second-order valence-electron chi connectivity index (χ2n) is 4.48. The molecule has 1 aliphatic carbocycles. The van der Waals surface area contributed by atoms with E-state index in [1.54, 1.807) is 0 Å². The van der Waals surface area contributed by atoms with Crippen molar-refractivity contribution in [1.29, 1.82) is 0 Å². The third kappa shape index (κ3) is 2.03. The molecule has 0 aromatic heterocycles. The molecule has 0 spiro atoms. The van der Waals surface area contributed by atoms with Gasteiger partial charge in [0.15, 0.2) is 0 Å². The molecule has 1 heterocycles. The lowest BCUT2D eigenvalue weighted by Gasteiger charge is -2.33. The highest BCUT2D eigenvalue weighted by Gasteiger charge is 2.34. The first-order valence-corrected chi connectivity index (χ1v) is 5.27. The molecule has 13 heavy (non-hydrogen) atoms. The molecule has 2 rings (SSSR count). The molecular weight excluding hydrogens is 166 g/mol. The Kier molecular flexibility index (Phi) is 2.86. The smallest absolute Gasteiger partial charge is 0.0643 e. The minimum atomic E-state index is 0.190. The highest BCUT2D eigenvalue weighted by molar-refractivity contribution is 4.88. The quantitative estimate of drug-likeness (QED) is 0.671. The summed E-state index contributed by atoms with van der Waals surface area (Å²) in [4.78, 5) is 0. The van der Waals surface area contributed by atoms with E-state index in [2.05, 4.69) is 5.32 Å². The van der Waals surface area contributed by atoms with E-state index < -0.39 is 0 Å². The van der Waals surface area contributed by atoms with Gasteiger partial charge < -0.3 is 15.2 Å². The maximum Gasteiger partial charge on any atom is 0.0643 e. The van der Waals surface area contributed by atoms with E-state index in [1.807, 2.05) is 0 Å². The van der Waals surface area contributed by atoms with Crippen LogP contribution < -0.4 is 5.32 Å². The zero-order chi connectivity index (χ0) is 9.15. The standard InChI is InChI=1S/C10H19NO2/c12-8-10(3-1-2-4-10)7-11-9-5-13-6-9/h9,11-12H,1-8H2. The summed E-state index contributed by atoms with van der Waals surface area (Å²) in [6.45, 7) is 3.01. The monoisotopic (exact) mass is 185 g/mol. The van der Waals surface area contributed by atoms with Gasteiger partial charge in [-0.2, -0.15) is 0 Å². The number of hydrogen-bond acceptors (Lipinski definition) is 3. The predicted octanol–water partition coefficient (Wildman–Crippen LogP) is 0.527. The van der Waals surface area contributed by atoms with E-state index in [0.717, 1.165) is 19.8 Å². The van der Waals surface area contributed by atoms with Gasteiger partial charge in [0, 0.05) is 18.6 Å². The van der Waals surface area contributed by atoms with Gasteiger partial charge in [-0.1, -0.05) is 12.8 Å². The van der Waals surface area contributed by atoms with Gasteiger partial charge in [-0.05, 0) is 12.8 Å². The van der Waals surface area contributed by atoms with Crippen molar-refractivity contribution in [3.05, 3.63) is 0 Å². The summed E-state index contributed by atoms with van der Waals surface area (Å²) in [7, 11) is 0. The fourth-order valence-electron chi connectivity index (χ4n) is 2.23. The maximum absolute atomic E-state index is 9.35. The van der Waals surface area contributed by atoms with Crippen LogP contribution >= 0.6 is 0 Å². The van der Waals surface area contributed by atoms with Gasteiger partial charge in [-0.3, -0.25) is 0 Å². The van der Waals surface area contributed by atoms with Crippen LogP contribution in [0.15, 0.2) is 0 Å². The largest absolute Gasteiger partial charge is 0.396 e. The highest BCUT2D eigenvalue weighted by Crippen LogP contribution is 2.37. The zero-order valence-corrected chi connectivity index (χ0v) is 8.09. The van der Waals surface area contributed by atoms with Crippen LogP contribution in [0.4, 0.5) is 0 Å². The molecule has 0 unspecified atom stereocenters. The van der Waals surface area contributed by atoms with Gasteiger partial charge >= 0.3 is 0 Å². The molecule has 0 aromatic rings. The Morgan fingerprint density at radius 3 is 2.46 bits per heavy atom. The minimum absolute atomic E-state index is 0.190. The minimum Gasteiger partial charge on any atom is -0.396 e. The maximum atomic E-state index is 9.35. The molecule has 3 nitrogen and oxygen atoms in total. The average Bonchev–Trinajstić information content (AvgIpc) is 2.51. The van der Waals surface area contributed by atoms with Crippen molar-refractivity contribution in [3.8, 4) is 0 Å². The lowest BCUT2D eigenvalue weighted by molar-refractivity contribution is -0.0125. The van der Waals surface area contributed by atoms with E-state index in [1.165, 1.54) is 25.7 Å². The predicted molar refractivity (Wildman–Crippen MR) is 50.6 cm³/mol. The Morgan fingerprint density at radius 2 is 2.00 bits per heavy atom. The van der Waals surface area contributed by atoms with Crippen LogP contribution in [0.3, 0.4) is 0 Å². The lowest BCUT2D eigenvalue weighted by atomic mass is 9.87. The third-order valence-corrected chi connectivity index (χ3v) is 3.40. The van der Waals surface area contributed by atoms with Crippen LogP contribution in [-0.4, -0.2) is 37.5 Å². The number of rotatable bonds is 4. The summed E-state index contributed by atoms with van der Waals surface area (Å²) in [5.41, 5.74) is 0.190. The molecular formula is C10H19NO2. The van der Waals surface area contributed by atoms with Gasteiger partial charge in [0.2, 0.25) is 0 Å². The number of hydrogen-bond donors (Lipinski definition) is 2. The van der Waals surface area contributed by atoms with Crippen molar-refractivity contribution in [1.82, 2.24) is 5.32 Å². The van der Waals surface area contributed by atoms with Crippen LogP contribution in [0.2, 0.25) is 0 Å². The van der Waals surface area contributed by atoms with Crippen molar-refractivity contribution in [2.24, 2.45) is 5.41 Å². The molecule has 0 bridgehead atoms. The Hall–Kier alpha value is -0.120. The number of ether oxygens (including phenoxy) is 1. The van der Waals surface area contributed by atoms with E-state index in [4.69, 9.17) is 4.74 Å². The average molecular weight is 185 g/mol. The first-order chi connectivity index (χ1) is 6.35. The summed E-state index contributed by atoms with van der Waals surface area (Å²) in [6.07, 6.45) is 4.93. The van der Waals surface area contributed by atoms with Crippen molar-refractivity contribution >= 4 is 0 Å². The van der Waals surface area contributed by atoms with Crippen LogP contribution in [0, 0.1) is 5.41 Å². The van der Waals surface area contributed by atoms with E-state index in [-0.39, 0.29) is 5.41 Å². The SMILES string of the molecule is OCC1(CNC2COC2)CCCC1. The molecule has 0 aromatic carbocycles. The summed E-state index contributed by atoms with van der Waals surface area (Å²) in [6, 6.07) is 0.545. The number of aliphatic hydroxyl groups is 1. The third-order valence-electron chi connectivity index (χ3n) is 3.40. The molecule has 0 radical (unpaired) electrons. The normalized spacial score (nSPS) is 27.5. The highest BCUT2D eigenvalue weighted by atomic mass is 16.5. The van der Waals surface area contributed by atoms with Crippen molar-refractivity contribution in [2.45, 2.75) is 31.7 Å². The first kappa shape index (κ1) is 9.44. The molecule has 1 aliphatic heterocycles.